The number of nitrogens with two attached hydrogens (primary N) is 1. The maximum absolute atomic E-state index is 14.4. The number of likely N-dealkylation sites (N-methyl/N-ethyl adjacent to an activating group) is 1. The summed E-state index contributed by atoms with van der Waals surface area (Å²) >= 11 is 0. The minimum absolute atomic E-state index is 0.0269. The SMILES string of the molecule is CC[C@H](C)[C@@H]([C@@H](CC(=O)N1CCC[C@H]1[C@H](OC)[C@@H](C)C(=O)N[C@@H](Cc1ccccc1)C(=O)O)OC)N(C)C(=O)[C@@H](NC(=O)[C@@H](NCCc1ccc(N)cc1)C(C)C)C(C)C. The van der Waals surface area contributed by atoms with Crippen molar-refractivity contribution in [3.8, 4) is 0 Å². The van der Waals surface area contributed by atoms with Gasteiger partial charge in [0.15, 0.2) is 0 Å². The fraction of sp³-hybridized carbons (Fsp3) is 0.630. The normalized spacial score (nSPS) is 18.2. The second-order valence-corrected chi connectivity index (χ2v) is 17.1. The van der Waals surface area contributed by atoms with Crippen LogP contribution in [0, 0.1) is 23.7 Å². The molecule has 0 saturated carbocycles. The fourth-order valence-corrected chi connectivity index (χ4v) is 8.32. The number of aliphatic carboxylic acids is 1. The molecule has 334 valence electrons. The molecular formula is C46H72N6O8. The van der Waals surface area contributed by atoms with Gasteiger partial charge in [-0.3, -0.25) is 19.2 Å². The van der Waals surface area contributed by atoms with Crippen molar-refractivity contribution in [3.63, 3.8) is 0 Å². The first-order valence-corrected chi connectivity index (χ1v) is 21.5. The third kappa shape index (κ3) is 13.8. The molecule has 14 heteroatoms. The van der Waals surface area contributed by atoms with Crippen LogP contribution in [0.4, 0.5) is 5.69 Å². The van der Waals surface area contributed by atoms with Gasteiger partial charge >= 0.3 is 5.97 Å². The molecule has 0 aliphatic carbocycles. The maximum Gasteiger partial charge on any atom is 0.326 e. The Bertz CT molecular complexity index is 1670. The Morgan fingerprint density at radius 1 is 0.867 bits per heavy atom. The topological polar surface area (TPSA) is 193 Å². The molecule has 1 aliphatic rings. The number of nitrogens with one attached hydrogen (secondary N) is 3. The predicted molar refractivity (Wildman–Crippen MR) is 234 cm³/mol. The number of carbonyl (C=O) groups excluding carboxylic acids is 4. The van der Waals surface area contributed by atoms with Gasteiger partial charge in [-0.15, -0.1) is 0 Å². The van der Waals surface area contributed by atoms with E-state index < -0.39 is 60.2 Å². The van der Waals surface area contributed by atoms with E-state index >= 15 is 0 Å². The molecule has 0 radical (unpaired) electrons. The van der Waals surface area contributed by atoms with Crippen LogP contribution < -0.4 is 21.7 Å². The first-order valence-electron chi connectivity index (χ1n) is 21.5. The van der Waals surface area contributed by atoms with Gasteiger partial charge in [-0.25, -0.2) is 4.79 Å². The third-order valence-electron chi connectivity index (χ3n) is 12.1. The third-order valence-corrected chi connectivity index (χ3v) is 12.1. The standard InChI is InChI=1S/C46H72N6O8/c1-11-30(6)41(51(8)45(56)40(29(4)5)50-44(55)39(28(2)3)48-24-23-32-19-21-34(47)22-20-32)37(59-9)27-38(53)52-25-15-18-36(52)42(60-10)31(7)43(54)49-35(46(57)58)26-33-16-13-12-14-17-33/h12-14,16-17,19-22,28-31,35-37,39-42,48H,11,15,18,23-27,47H2,1-10H3,(H,49,54)(H,50,55)(H,57,58)/t30-,31+,35-,36-,37+,39-,40-,41-,42+/m0/s1. The number of hydrogen-bond donors (Lipinski definition) is 5. The van der Waals surface area contributed by atoms with E-state index in [-0.39, 0.29) is 48.3 Å². The van der Waals surface area contributed by atoms with Crippen molar-refractivity contribution < 1.29 is 38.6 Å². The summed E-state index contributed by atoms with van der Waals surface area (Å²) in [5.74, 6) is -3.45. The summed E-state index contributed by atoms with van der Waals surface area (Å²) in [4.78, 5) is 71.6. The van der Waals surface area contributed by atoms with E-state index in [1.165, 1.54) is 14.2 Å². The smallest absolute Gasteiger partial charge is 0.326 e. The molecular weight excluding hydrogens is 765 g/mol. The maximum atomic E-state index is 14.4. The molecule has 14 nitrogen and oxygen atoms in total. The molecule has 0 aromatic heterocycles. The number of carboxylic acids is 1. The molecule has 9 atom stereocenters. The highest BCUT2D eigenvalue weighted by atomic mass is 16.5. The van der Waals surface area contributed by atoms with E-state index in [0.29, 0.717) is 44.5 Å². The second-order valence-electron chi connectivity index (χ2n) is 17.1. The number of anilines is 1. The zero-order valence-electron chi connectivity index (χ0n) is 37.5. The average molecular weight is 837 g/mol. The van der Waals surface area contributed by atoms with Gasteiger partial charge in [0.25, 0.3) is 0 Å². The molecule has 0 bridgehead atoms. The van der Waals surface area contributed by atoms with Crippen LogP contribution in [-0.2, 0) is 46.3 Å². The molecule has 60 heavy (non-hydrogen) atoms. The number of hydrogen-bond acceptors (Lipinski definition) is 9. The summed E-state index contributed by atoms with van der Waals surface area (Å²) in [5.41, 5.74) is 8.40. The van der Waals surface area contributed by atoms with Crippen LogP contribution in [0.3, 0.4) is 0 Å². The average Bonchev–Trinajstić information content (AvgIpc) is 3.71. The highest BCUT2D eigenvalue weighted by Crippen LogP contribution is 2.30. The van der Waals surface area contributed by atoms with Crippen LogP contribution in [-0.4, -0.2) is 121 Å². The molecule has 4 amide bonds. The molecule has 6 N–H and O–H groups in total. The number of nitrogens with zero attached hydrogens (tertiary/aromatic N) is 2. The van der Waals surface area contributed by atoms with Crippen molar-refractivity contribution in [1.29, 1.82) is 0 Å². The van der Waals surface area contributed by atoms with Crippen LogP contribution >= 0.6 is 0 Å². The molecule has 0 spiro atoms. The summed E-state index contributed by atoms with van der Waals surface area (Å²) in [5, 5.41) is 19.0. The van der Waals surface area contributed by atoms with E-state index in [1.807, 2.05) is 96.1 Å². The van der Waals surface area contributed by atoms with Crippen LogP contribution in [0.1, 0.15) is 85.3 Å². The first kappa shape index (κ1) is 49.8. The minimum atomic E-state index is -1.14. The summed E-state index contributed by atoms with van der Waals surface area (Å²) in [7, 11) is 4.75. The lowest BCUT2D eigenvalue weighted by Gasteiger charge is -2.41. The molecule has 1 aliphatic heterocycles. The second kappa shape index (κ2) is 24.0. The summed E-state index contributed by atoms with van der Waals surface area (Å²) in [6, 6.07) is 13.3. The van der Waals surface area contributed by atoms with Gasteiger partial charge in [-0.05, 0) is 66.8 Å². The molecule has 3 rings (SSSR count). The van der Waals surface area contributed by atoms with E-state index in [0.717, 1.165) is 11.1 Å². The van der Waals surface area contributed by atoms with Crippen molar-refractivity contribution in [2.45, 2.75) is 129 Å². The van der Waals surface area contributed by atoms with Gasteiger partial charge in [0, 0.05) is 39.9 Å². The minimum Gasteiger partial charge on any atom is -0.480 e. The zero-order chi connectivity index (χ0) is 44.7. The van der Waals surface area contributed by atoms with Gasteiger partial charge in [0.2, 0.25) is 23.6 Å². The largest absolute Gasteiger partial charge is 0.480 e. The summed E-state index contributed by atoms with van der Waals surface area (Å²) in [6.45, 7) is 14.5. The van der Waals surface area contributed by atoms with E-state index in [9.17, 15) is 29.1 Å². The van der Waals surface area contributed by atoms with Crippen molar-refractivity contribution in [2.75, 3.05) is 40.1 Å². The highest BCUT2D eigenvalue weighted by Gasteiger charge is 2.43. The Morgan fingerprint density at radius 2 is 1.50 bits per heavy atom. The number of carbonyl (C=O) groups is 5. The number of rotatable bonds is 24. The Morgan fingerprint density at radius 3 is 2.05 bits per heavy atom. The Labute approximate surface area is 357 Å². The van der Waals surface area contributed by atoms with Gasteiger partial charge in [-0.2, -0.15) is 0 Å². The van der Waals surface area contributed by atoms with Gasteiger partial charge in [0.1, 0.15) is 12.1 Å². The number of nitrogen functional groups attached to an aromatic ring is 1. The lowest BCUT2D eigenvalue weighted by molar-refractivity contribution is -0.148. The van der Waals surface area contributed by atoms with Crippen LogP contribution in [0.2, 0.25) is 0 Å². The quantitative estimate of drug-likeness (QED) is 0.0954. The fourth-order valence-electron chi connectivity index (χ4n) is 8.32. The highest BCUT2D eigenvalue weighted by molar-refractivity contribution is 5.90. The molecule has 1 saturated heterocycles. The van der Waals surface area contributed by atoms with Crippen molar-refractivity contribution in [3.05, 3.63) is 65.7 Å². The Kier molecular flexibility index (Phi) is 20.0. The molecule has 1 heterocycles. The lowest BCUT2D eigenvalue weighted by atomic mass is 9.89. The number of methoxy groups -OCH3 is 2. The van der Waals surface area contributed by atoms with Gasteiger partial charge in [0.05, 0.1) is 42.7 Å². The Hall–Kier alpha value is -4.53. The van der Waals surface area contributed by atoms with Crippen LogP contribution in [0.5, 0.6) is 0 Å². The number of carboxylic acid groups (broad SMARTS) is 1. The van der Waals surface area contributed by atoms with Gasteiger partial charge < -0.3 is 46.1 Å². The van der Waals surface area contributed by atoms with E-state index in [1.54, 1.807) is 23.8 Å². The number of amides is 4. The lowest BCUT2D eigenvalue weighted by Crippen LogP contribution is -2.60. The van der Waals surface area contributed by atoms with Crippen molar-refractivity contribution >= 4 is 35.3 Å². The van der Waals surface area contributed by atoms with Crippen LogP contribution in [0.25, 0.3) is 0 Å². The zero-order valence-corrected chi connectivity index (χ0v) is 37.5. The molecule has 2 aromatic carbocycles. The van der Waals surface area contributed by atoms with E-state index in [4.69, 9.17) is 15.2 Å². The van der Waals surface area contributed by atoms with E-state index in [2.05, 4.69) is 16.0 Å². The van der Waals surface area contributed by atoms with Crippen molar-refractivity contribution in [1.82, 2.24) is 25.8 Å². The molecule has 1 fully saturated rings. The number of benzene rings is 2. The monoisotopic (exact) mass is 837 g/mol. The summed E-state index contributed by atoms with van der Waals surface area (Å²) < 4.78 is 11.9. The predicted octanol–water partition coefficient (Wildman–Crippen LogP) is 4.30. The molecule has 0 unspecified atom stereocenters. The van der Waals surface area contributed by atoms with Crippen molar-refractivity contribution in [2.24, 2.45) is 23.7 Å². The number of ether oxygens (including phenoxy) is 2. The number of likely N-dealkylation sites (tertiary alicyclic amines) is 1. The molecule has 2 aromatic rings. The summed E-state index contributed by atoms with van der Waals surface area (Å²) in [6.07, 6.45) is 1.43. The van der Waals surface area contributed by atoms with Crippen LogP contribution in [0.15, 0.2) is 54.6 Å². The van der Waals surface area contributed by atoms with Gasteiger partial charge in [-0.1, -0.05) is 97.4 Å². The Balaban J connectivity index is 1.74. The first-order chi connectivity index (χ1) is 28.4.